The molecule has 1 aromatic heterocycles. The molecule has 0 unspecified atom stereocenters. The molecule has 0 aliphatic carbocycles. The molecular weight excluding hydrogens is 372 g/mol. The Morgan fingerprint density at radius 1 is 1.14 bits per heavy atom. The number of nitrogens with zero attached hydrogens (tertiary/aromatic N) is 6. The quantitative estimate of drug-likeness (QED) is 0.684. The monoisotopic (exact) mass is 402 g/mol. The van der Waals surface area contributed by atoms with Crippen LogP contribution in [0.1, 0.15) is 30.3 Å². The third-order valence-electron chi connectivity index (χ3n) is 5.83. The predicted octanol–water partition coefficient (Wildman–Crippen LogP) is 1.21. The molecule has 158 valence electrons. The molecule has 9 heteroatoms. The van der Waals surface area contributed by atoms with Crippen molar-refractivity contribution in [1.82, 2.24) is 30.0 Å². The highest BCUT2D eigenvalue weighted by Gasteiger charge is 2.31. The van der Waals surface area contributed by atoms with Crippen LogP contribution in [0.15, 0.2) is 18.2 Å². The molecule has 2 fully saturated rings. The van der Waals surface area contributed by atoms with E-state index in [9.17, 15) is 0 Å². The van der Waals surface area contributed by atoms with Gasteiger partial charge in [-0.3, -0.25) is 4.90 Å². The van der Waals surface area contributed by atoms with E-state index in [1.807, 2.05) is 16.8 Å². The van der Waals surface area contributed by atoms with Crippen LogP contribution in [-0.4, -0.2) is 90.2 Å². The Balaban J connectivity index is 1.69. The van der Waals surface area contributed by atoms with Crippen LogP contribution >= 0.6 is 0 Å². The predicted molar refractivity (Wildman–Crippen MR) is 107 cm³/mol. The number of rotatable bonds is 7. The molecule has 2 aliphatic heterocycles. The van der Waals surface area contributed by atoms with E-state index in [0.717, 1.165) is 57.0 Å². The minimum absolute atomic E-state index is 0.0556. The zero-order valence-electron chi connectivity index (χ0n) is 17.5. The van der Waals surface area contributed by atoms with Gasteiger partial charge >= 0.3 is 0 Å². The summed E-state index contributed by atoms with van der Waals surface area (Å²) in [6, 6.07) is 6.01. The topological polar surface area (TPSA) is 77.8 Å². The zero-order valence-corrected chi connectivity index (χ0v) is 17.5. The summed E-state index contributed by atoms with van der Waals surface area (Å²) >= 11 is 0. The molecule has 0 radical (unpaired) electrons. The zero-order chi connectivity index (χ0) is 20.2. The van der Waals surface area contributed by atoms with Crippen molar-refractivity contribution in [1.29, 1.82) is 0 Å². The summed E-state index contributed by atoms with van der Waals surface area (Å²) in [5, 5.41) is 12.8. The maximum Gasteiger partial charge on any atom is 0.173 e. The lowest BCUT2D eigenvalue weighted by molar-refractivity contribution is 0.0878. The van der Waals surface area contributed by atoms with Gasteiger partial charge in [0.1, 0.15) is 0 Å². The van der Waals surface area contributed by atoms with Crippen LogP contribution in [0.25, 0.3) is 0 Å². The van der Waals surface area contributed by atoms with Crippen LogP contribution in [0, 0.1) is 0 Å². The maximum absolute atomic E-state index is 5.82. The average Bonchev–Trinajstić information content (AvgIpc) is 3.42. The van der Waals surface area contributed by atoms with E-state index in [4.69, 9.17) is 14.2 Å². The summed E-state index contributed by atoms with van der Waals surface area (Å²) in [5.41, 5.74) is 1.09. The molecule has 0 spiro atoms. The normalized spacial score (nSPS) is 22.0. The highest BCUT2D eigenvalue weighted by Crippen LogP contribution is 2.35. The number of benzene rings is 1. The van der Waals surface area contributed by atoms with Gasteiger partial charge in [-0.25, -0.2) is 4.68 Å². The van der Waals surface area contributed by atoms with Crippen LogP contribution in [0.5, 0.6) is 11.5 Å². The molecule has 2 saturated heterocycles. The number of likely N-dealkylation sites (N-methyl/N-ethyl adjacent to an activating group) is 1. The van der Waals surface area contributed by atoms with Gasteiger partial charge in [-0.05, 0) is 48.0 Å². The van der Waals surface area contributed by atoms with Gasteiger partial charge in [-0.15, -0.1) is 5.10 Å². The van der Waals surface area contributed by atoms with Gasteiger partial charge in [0.05, 0.1) is 32.9 Å². The van der Waals surface area contributed by atoms with Crippen LogP contribution in [0.3, 0.4) is 0 Å². The Morgan fingerprint density at radius 2 is 1.93 bits per heavy atom. The van der Waals surface area contributed by atoms with Crippen molar-refractivity contribution in [2.45, 2.75) is 31.5 Å². The van der Waals surface area contributed by atoms with Crippen molar-refractivity contribution in [3.8, 4) is 11.5 Å². The highest BCUT2D eigenvalue weighted by molar-refractivity contribution is 5.45. The molecule has 3 heterocycles. The van der Waals surface area contributed by atoms with Gasteiger partial charge in [-0.1, -0.05) is 6.07 Å². The van der Waals surface area contributed by atoms with Crippen molar-refractivity contribution in [2.24, 2.45) is 0 Å². The fraction of sp³-hybridized carbons (Fsp3) is 0.650. The number of hydrogen-bond donors (Lipinski definition) is 0. The van der Waals surface area contributed by atoms with Crippen molar-refractivity contribution in [2.75, 3.05) is 54.1 Å². The van der Waals surface area contributed by atoms with Crippen molar-refractivity contribution in [3.05, 3.63) is 29.6 Å². The average molecular weight is 402 g/mol. The molecular formula is C20H30N6O3. The minimum atomic E-state index is -0.0556. The molecule has 0 amide bonds. The minimum Gasteiger partial charge on any atom is -0.493 e. The third-order valence-corrected chi connectivity index (χ3v) is 5.83. The SMILES string of the molecule is COc1ccc([C@@H](c2nnnn2C[C@H]2CCCO2)N2CCN(C)CC2)cc1OC. The van der Waals surface area contributed by atoms with E-state index in [1.165, 1.54) is 0 Å². The lowest BCUT2D eigenvalue weighted by atomic mass is 10.0. The Labute approximate surface area is 171 Å². The maximum atomic E-state index is 5.82. The molecule has 2 aliphatic rings. The number of methoxy groups -OCH3 is 2. The first-order chi connectivity index (χ1) is 14.2. The second kappa shape index (κ2) is 9.06. The van der Waals surface area contributed by atoms with Gasteiger partial charge in [0, 0.05) is 32.8 Å². The molecule has 1 aromatic carbocycles. The number of aromatic nitrogens is 4. The van der Waals surface area contributed by atoms with Gasteiger partial charge in [-0.2, -0.15) is 0 Å². The number of ether oxygens (including phenoxy) is 3. The first kappa shape index (κ1) is 20.1. The summed E-state index contributed by atoms with van der Waals surface area (Å²) in [7, 11) is 5.47. The number of tetrazole rings is 1. The fourth-order valence-corrected chi connectivity index (χ4v) is 4.14. The summed E-state index contributed by atoms with van der Waals surface area (Å²) < 4.78 is 18.7. The van der Waals surface area contributed by atoms with E-state index >= 15 is 0 Å². The Bertz CT molecular complexity index is 799. The van der Waals surface area contributed by atoms with Crippen molar-refractivity contribution < 1.29 is 14.2 Å². The first-order valence-corrected chi connectivity index (χ1v) is 10.2. The van der Waals surface area contributed by atoms with E-state index < -0.39 is 0 Å². The first-order valence-electron chi connectivity index (χ1n) is 10.2. The van der Waals surface area contributed by atoms with Gasteiger partial charge in [0.2, 0.25) is 0 Å². The van der Waals surface area contributed by atoms with Crippen LogP contribution in [-0.2, 0) is 11.3 Å². The molecule has 2 atom stereocenters. The van der Waals surface area contributed by atoms with Crippen LogP contribution in [0.4, 0.5) is 0 Å². The standard InChI is InChI=1S/C20H30N6O3/c1-24-8-10-25(11-9-24)19(15-6-7-17(27-2)18(13-15)28-3)20-21-22-23-26(20)14-16-5-4-12-29-16/h6-7,13,16,19H,4-5,8-12,14H2,1-3H3/t16-,19+/m1/s1. The summed E-state index contributed by atoms with van der Waals surface area (Å²) in [6.45, 7) is 5.42. The van der Waals surface area contributed by atoms with Crippen molar-refractivity contribution in [3.63, 3.8) is 0 Å². The molecule has 0 N–H and O–H groups in total. The fourth-order valence-electron chi connectivity index (χ4n) is 4.14. The van der Waals surface area contributed by atoms with Crippen molar-refractivity contribution >= 4 is 0 Å². The highest BCUT2D eigenvalue weighted by atomic mass is 16.5. The third kappa shape index (κ3) is 4.36. The number of piperazine rings is 1. The van der Waals surface area contributed by atoms with Gasteiger partial charge in [0.25, 0.3) is 0 Å². The number of hydrogen-bond acceptors (Lipinski definition) is 8. The van der Waals surface area contributed by atoms with Crippen LogP contribution < -0.4 is 9.47 Å². The summed E-state index contributed by atoms with van der Waals surface area (Å²) in [4.78, 5) is 4.79. The van der Waals surface area contributed by atoms with Gasteiger partial charge < -0.3 is 19.1 Å². The Hall–Kier alpha value is -2.23. The van der Waals surface area contributed by atoms with E-state index in [-0.39, 0.29) is 12.1 Å². The molecule has 2 aromatic rings. The largest absolute Gasteiger partial charge is 0.493 e. The van der Waals surface area contributed by atoms with Gasteiger partial charge in [0.15, 0.2) is 17.3 Å². The summed E-state index contributed by atoms with van der Waals surface area (Å²) in [6.07, 6.45) is 2.32. The van der Waals surface area contributed by atoms with Crippen LogP contribution in [0.2, 0.25) is 0 Å². The Morgan fingerprint density at radius 3 is 2.62 bits per heavy atom. The van der Waals surface area contributed by atoms with E-state index in [1.54, 1.807) is 14.2 Å². The second-order valence-electron chi connectivity index (χ2n) is 7.71. The second-order valence-corrected chi connectivity index (χ2v) is 7.71. The molecule has 29 heavy (non-hydrogen) atoms. The van der Waals surface area contributed by atoms with E-state index in [2.05, 4.69) is 38.4 Å². The lowest BCUT2D eigenvalue weighted by Gasteiger charge is -2.37. The molecule has 9 nitrogen and oxygen atoms in total. The lowest BCUT2D eigenvalue weighted by Crippen LogP contribution is -2.46. The smallest absolute Gasteiger partial charge is 0.173 e. The van der Waals surface area contributed by atoms with E-state index in [0.29, 0.717) is 18.0 Å². The Kier molecular flexibility index (Phi) is 6.27. The molecule has 4 rings (SSSR count). The molecule has 0 bridgehead atoms. The molecule has 0 saturated carbocycles. The summed E-state index contributed by atoms with van der Waals surface area (Å²) in [5.74, 6) is 2.27.